The first-order valence-corrected chi connectivity index (χ1v) is 8.36. The quantitative estimate of drug-likeness (QED) is 0.458. The number of ether oxygens (including phenoxy) is 2. The first-order valence-electron chi connectivity index (χ1n) is 8.36. The molecule has 2 atom stereocenters. The molecule has 0 radical (unpaired) electrons. The predicted molar refractivity (Wildman–Crippen MR) is 95.6 cm³/mol. The molecule has 1 fully saturated rings. The average Bonchev–Trinajstić information content (AvgIpc) is 2.85. The Morgan fingerprint density at radius 3 is 2.42 bits per heavy atom. The van der Waals surface area contributed by atoms with Crippen LogP contribution in [0.4, 0.5) is 4.79 Å². The molecule has 7 heteroatoms. The van der Waals surface area contributed by atoms with Crippen molar-refractivity contribution in [3.8, 4) is 5.75 Å². The molecule has 1 aromatic carbocycles. The van der Waals surface area contributed by atoms with E-state index < -0.39 is 29.5 Å². The van der Waals surface area contributed by atoms with Crippen molar-refractivity contribution >= 4 is 17.9 Å². The van der Waals surface area contributed by atoms with Gasteiger partial charge < -0.3 is 14.8 Å². The number of methoxy groups -OCH3 is 1. The number of hydrogen-bond acceptors (Lipinski definition) is 5. The van der Waals surface area contributed by atoms with Crippen molar-refractivity contribution in [1.29, 1.82) is 0 Å². The van der Waals surface area contributed by atoms with Crippen LogP contribution in [-0.2, 0) is 19.9 Å². The maximum absolute atomic E-state index is 13.0. The van der Waals surface area contributed by atoms with Gasteiger partial charge in [0.25, 0.3) is 5.91 Å². The second-order valence-corrected chi connectivity index (χ2v) is 6.45. The molecule has 2 rings (SSSR count). The molecule has 1 aromatic rings. The highest BCUT2D eigenvalue weighted by Gasteiger charge is 2.52. The van der Waals surface area contributed by atoms with Gasteiger partial charge in [0.05, 0.1) is 7.11 Å². The molecule has 1 aliphatic rings. The Bertz CT molecular complexity index is 728. The van der Waals surface area contributed by atoms with E-state index in [9.17, 15) is 14.4 Å². The van der Waals surface area contributed by atoms with Gasteiger partial charge in [0.2, 0.25) is 0 Å². The fourth-order valence-corrected chi connectivity index (χ4v) is 2.82. The van der Waals surface area contributed by atoms with E-state index in [1.807, 2.05) is 6.92 Å². The van der Waals surface area contributed by atoms with Gasteiger partial charge in [0.15, 0.2) is 0 Å². The Kier molecular flexibility index (Phi) is 5.69. The number of nitrogens with zero attached hydrogens (tertiary/aromatic N) is 1. The van der Waals surface area contributed by atoms with E-state index >= 15 is 0 Å². The minimum absolute atomic E-state index is 0.273. The number of hydrogen-bond donors (Lipinski definition) is 1. The van der Waals surface area contributed by atoms with Crippen LogP contribution >= 0.6 is 0 Å². The van der Waals surface area contributed by atoms with E-state index in [1.54, 1.807) is 38.1 Å². The summed E-state index contributed by atoms with van der Waals surface area (Å²) in [6.45, 7) is 9.36. The number of esters is 1. The lowest BCUT2D eigenvalue weighted by Crippen LogP contribution is -2.47. The summed E-state index contributed by atoms with van der Waals surface area (Å²) in [7, 11) is 1.23. The van der Waals surface area contributed by atoms with Gasteiger partial charge in [-0.15, -0.1) is 0 Å². The fraction of sp³-hybridized carbons (Fsp3) is 0.421. The lowest BCUT2D eigenvalue weighted by atomic mass is 9.91. The summed E-state index contributed by atoms with van der Waals surface area (Å²) in [6, 6.07) is 5.32. The second kappa shape index (κ2) is 7.59. The highest BCUT2D eigenvalue weighted by atomic mass is 16.5. The summed E-state index contributed by atoms with van der Waals surface area (Å²) in [5, 5.41) is 2.68. The smallest absolute Gasteiger partial charge is 0.329 e. The monoisotopic (exact) mass is 360 g/mol. The molecule has 1 aliphatic heterocycles. The number of amides is 3. The van der Waals surface area contributed by atoms with Crippen molar-refractivity contribution in [2.24, 2.45) is 0 Å². The van der Waals surface area contributed by atoms with Crippen molar-refractivity contribution in [3.63, 3.8) is 0 Å². The summed E-state index contributed by atoms with van der Waals surface area (Å²) in [5.41, 5.74) is 0.231. The number of rotatable bonds is 7. The minimum Gasteiger partial charge on any atom is -0.489 e. The molecule has 7 nitrogen and oxygen atoms in total. The van der Waals surface area contributed by atoms with Crippen LogP contribution in [0, 0.1) is 0 Å². The Morgan fingerprint density at radius 1 is 1.31 bits per heavy atom. The predicted octanol–water partition coefficient (Wildman–Crippen LogP) is 2.36. The van der Waals surface area contributed by atoms with Gasteiger partial charge in [-0.2, -0.15) is 0 Å². The second-order valence-electron chi connectivity index (χ2n) is 6.45. The van der Waals surface area contributed by atoms with E-state index in [1.165, 1.54) is 7.11 Å². The summed E-state index contributed by atoms with van der Waals surface area (Å²) >= 11 is 0. The van der Waals surface area contributed by atoms with Crippen LogP contribution < -0.4 is 10.1 Å². The molecule has 0 spiro atoms. The Balaban J connectivity index is 2.26. The molecule has 0 bridgehead atoms. The Morgan fingerprint density at radius 2 is 1.92 bits per heavy atom. The highest BCUT2D eigenvalue weighted by Crippen LogP contribution is 2.31. The molecular formula is C19H24N2O5. The summed E-state index contributed by atoms with van der Waals surface area (Å²) in [4.78, 5) is 38.2. The summed E-state index contributed by atoms with van der Waals surface area (Å²) < 4.78 is 10.3. The van der Waals surface area contributed by atoms with E-state index in [4.69, 9.17) is 9.47 Å². The van der Waals surface area contributed by atoms with Crippen molar-refractivity contribution < 1.29 is 23.9 Å². The van der Waals surface area contributed by atoms with E-state index in [-0.39, 0.29) is 6.42 Å². The largest absolute Gasteiger partial charge is 0.489 e. The van der Waals surface area contributed by atoms with Crippen LogP contribution in [0.3, 0.4) is 0 Å². The van der Waals surface area contributed by atoms with Gasteiger partial charge in [-0.1, -0.05) is 25.6 Å². The maximum atomic E-state index is 13.0. The summed E-state index contributed by atoms with van der Waals surface area (Å²) in [5.74, 6) is -0.478. The van der Waals surface area contributed by atoms with E-state index in [0.717, 1.165) is 10.5 Å². The van der Waals surface area contributed by atoms with Crippen LogP contribution in [0.5, 0.6) is 5.75 Å². The van der Waals surface area contributed by atoms with Crippen molar-refractivity contribution in [2.75, 3.05) is 13.7 Å². The molecule has 0 saturated carbocycles. The lowest BCUT2D eigenvalue weighted by Gasteiger charge is -2.25. The number of benzene rings is 1. The number of urea groups is 1. The zero-order valence-corrected chi connectivity index (χ0v) is 15.5. The van der Waals surface area contributed by atoms with Gasteiger partial charge in [-0.25, -0.2) is 14.5 Å². The fourth-order valence-electron chi connectivity index (χ4n) is 2.82. The van der Waals surface area contributed by atoms with Crippen molar-refractivity contribution in [1.82, 2.24) is 10.2 Å². The molecular weight excluding hydrogens is 336 g/mol. The van der Waals surface area contributed by atoms with Crippen LogP contribution in [0.15, 0.2) is 36.4 Å². The molecule has 26 heavy (non-hydrogen) atoms. The first kappa shape index (κ1) is 19.5. The molecule has 140 valence electrons. The topological polar surface area (TPSA) is 84.9 Å². The third-order valence-corrected chi connectivity index (χ3v) is 4.31. The lowest BCUT2D eigenvalue weighted by molar-refractivity contribution is -0.150. The normalized spacial score (nSPS) is 20.5. The van der Waals surface area contributed by atoms with E-state index in [2.05, 4.69) is 11.9 Å². The van der Waals surface area contributed by atoms with Crippen LogP contribution in [0.25, 0.3) is 0 Å². The molecule has 0 aliphatic carbocycles. The maximum Gasteiger partial charge on any atom is 0.329 e. The first-order chi connectivity index (χ1) is 12.2. The summed E-state index contributed by atoms with van der Waals surface area (Å²) in [6.07, 6.45) is 0.273. The standard InChI is InChI=1S/C19H24N2O5/c1-6-15(16(22)25-5)21-17(23)19(4,20-18(21)24)13-7-9-14(10-8-13)26-11-12(2)3/h7-10,15H,2,6,11H2,1,3-5H3,(H,20,24). The molecule has 1 saturated heterocycles. The zero-order chi connectivity index (χ0) is 19.5. The third kappa shape index (κ3) is 3.56. The number of carbonyl (C=O) groups is 3. The highest BCUT2D eigenvalue weighted by molar-refractivity contribution is 6.09. The van der Waals surface area contributed by atoms with Crippen molar-refractivity contribution in [2.45, 2.75) is 38.8 Å². The molecule has 1 heterocycles. The third-order valence-electron chi connectivity index (χ3n) is 4.31. The Hall–Kier alpha value is -2.83. The molecule has 3 amide bonds. The van der Waals surface area contributed by atoms with Gasteiger partial charge in [-0.05, 0) is 43.5 Å². The van der Waals surface area contributed by atoms with Gasteiger partial charge >= 0.3 is 12.0 Å². The number of imide groups is 1. The van der Waals surface area contributed by atoms with Gasteiger partial charge in [0.1, 0.15) is 23.9 Å². The molecule has 1 N–H and O–H groups in total. The van der Waals surface area contributed by atoms with Crippen LogP contribution in [0.2, 0.25) is 0 Å². The van der Waals surface area contributed by atoms with Crippen LogP contribution in [0.1, 0.15) is 32.8 Å². The van der Waals surface area contributed by atoms with Crippen LogP contribution in [-0.4, -0.2) is 42.6 Å². The zero-order valence-electron chi connectivity index (χ0n) is 15.5. The molecule has 0 aromatic heterocycles. The SMILES string of the molecule is C=C(C)COc1ccc(C2(C)NC(=O)N(C(CC)C(=O)OC)C2=O)cc1. The van der Waals surface area contributed by atoms with Gasteiger partial charge in [0, 0.05) is 0 Å². The molecule has 2 unspecified atom stereocenters. The van der Waals surface area contributed by atoms with Gasteiger partial charge in [-0.3, -0.25) is 4.79 Å². The number of nitrogens with one attached hydrogen (secondary N) is 1. The number of carbonyl (C=O) groups excluding carboxylic acids is 3. The van der Waals surface area contributed by atoms with E-state index in [0.29, 0.717) is 17.9 Å². The Labute approximate surface area is 153 Å². The minimum atomic E-state index is -1.26. The van der Waals surface area contributed by atoms with Crippen molar-refractivity contribution in [3.05, 3.63) is 42.0 Å². The average molecular weight is 360 g/mol.